The van der Waals surface area contributed by atoms with Crippen LogP contribution in [0.15, 0.2) is 47.4 Å². The van der Waals surface area contributed by atoms with Crippen LogP contribution >= 0.6 is 11.8 Å². The van der Waals surface area contributed by atoms with Crippen LogP contribution in [0.4, 0.5) is 11.4 Å². The molecular weight excluding hydrogens is 384 g/mol. The Morgan fingerprint density at radius 3 is 2.36 bits per heavy atom. The molecule has 10 heteroatoms. The fraction of sp³-hybridized carbons (Fsp3) is 0.167. The first-order valence-corrected chi connectivity index (χ1v) is 9.09. The van der Waals surface area contributed by atoms with Gasteiger partial charge in [0.2, 0.25) is 17.7 Å². The third kappa shape index (κ3) is 5.81. The van der Waals surface area contributed by atoms with E-state index < -0.39 is 10.8 Å². The van der Waals surface area contributed by atoms with Gasteiger partial charge in [0.25, 0.3) is 5.69 Å². The van der Waals surface area contributed by atoms with Crippen LogP contribution in [0.3, 0.4) is 0 Å². The van der Waals surface area contributed by atoms with Gasteiger partial charge in [-0.2, -0.15) is 0 Å². The van der Waals surface area contributed by atoms with E-state index in [0.29, 0.717) is 5.69 Å². The molecule has 2 rings (SSSR count). The molecule has 0 spiro atoms. The second-order valence-electron chi connectivity index (χ2n) is 5.69. The summed E-state index contributed by atoms with van der Waals surface area (Å²) in [6.07, 6.45) is 0.242. The van der Waals surface area contributed by atoms with E-state index in [2.05, 4.69) is 10.6 Å². The molecule has 9 nitrogen and oxygen atoms in total. The SMILES string of the molecule is CNC(=O)Cc1ccc(NC(=O)CSc2ccc(C(N)=O)cc2[N+](=O)[O-])cc1. The minimum atomic E-state index is -0.766. The fourth-order valence-electron chi connectivity index (χ4n) is 2.26. The van der Waals surface area contributed by atoms with Crippen molar-refractivity contribution in [1.29, 1.82) is 0 Å². The zero-order chi connectivity index (χ0) is 20.7. The van der Waals surface area contributed by atoms with E-state index in [4.69, 9.17) is 5.73 Å². The molecule has 0 aliphatic carbocycles. The maximum Gasteiger partial charge on any atom is 0.283 e. The van der Waals surface area contributed by atoms with Crippen molar-refractivity contribution in [1.82, 2.24) is 5.32 Å². The Kier molecular flexibility index (Phi) is 7.10. The number of hydrogen-bond acceptors (Lipinski definition) is 6. The molecule has 0 unspecified atom stereocenters. The summed E-state index contributed by atoms with van der Waals surface area (Å²) >= 11 is 0.979. The summed E-state index contributed by atoms with van der Waals surface area (Å²) in [4.78, 5) is 45.4. The van der Waals surface area contributed by atoms with Gasteiger partial charge in [0.05, 0.1) is 22.0 Å². The van der Waals surface area contributed by atoms with E-state index in [-0.39, 0.29) is 40.1 Å². The van der Waals surface area contributed by atoms with Gasteiger partial charge in [-0.25, -0.2) is 0 Å². The molecule has 28 heavy (non-hydrogen) atoms. The van der Waals surface area contributed by atoms with Crippen LogP contribution in [-0.2, 0) is 16.0 Å². The minimum Gasteiger partial charge on any atom is -0.366 e. The highest BCUT2D eigenvalue weighted by molar-refractivity contribution is 8.00. The van der Waals surface area contributed by atoms with Crippen molar-refractivity contribution in [3.8, 4) is 0 Å². The summed E-state index contributed by atoms with van der Waals surface area (Å²) in [6, 6.07) is 10.7. The molecule has 0 atom stereocenters. The lowest BCUT2D eigenvalue weighted by atomic mass is 10.1. The summed E-state index contributed by atoms with van der Waals surface area (Å²) in [5.41, 5.74) is 6.22. The average molecular weight is 402 g/mol. The zero-order valence-corrected chi connectivity index (χ0v) is 15.7. The molecule has 3 amide bonds. The van der Waals surface area contributed by atoms with Gasteiger partial charge in [-0.1, -0.05) is 12.1 Å². The molecule has 2 aromatic carbocycles. The number of hydrogen-bond donors (Lipinski definition) is 3. The van der Waals surface area contributed by atoms with Gasteiger partial charge >= 0.3 is 0 Å². The molecule has 0 saturated heterocycles. The van der Waals surface area contributed by atoms with Gasteiger partial charge in [-0.3, -0.25) is 24.5 Å². The molecule has 2 aromatic rings. The number of primary amides is 1. The predicted octanol–water partition coefficient (Wildman–Crippen LogP) is 1.71. The molecule has 0 heterocycles. The molecule has 0 aliphatic rings. The summed E-state index contributed by atoms with van der Waals surface area (Å²) < 4.78 is 0. The second-order valence-corrected chi connectivity index (χ2v) is 6.70. The van der Waals surface area contributed by atoms with Crippen molar-refractivity contribution in [2.24, 2.45) is 5.73 Å². The standard InChI is InChI=1S/C18H18N4O5S/c1-20-16(23)8-11-2-5-13(6-3-11)21-17(24)10-28-15-7-4-12(18(19)25)9-14(15)22(26)27/h2-7,9H,8,10H2,1H3,(H2,19,25)(H,20,23)(H,21,24). The number of benzene rings is 2. The van der Waals surface area contributed by atoms with Crippen molar-refractivity contribution in [3.63, 3.8) is 0 Å². The lowest BCUT2D eigenvalue weighted by Crippen LogP contribution is -2.20. The maximum absolute atomic E-state index is 12.1. The van der Waals surface area contributed by atoms with E-state index in [0.717, 1.165) is 23.4 Å². The Morgan fingerprint density at radius 2 is 1.79 bits per heavy atom. The number of amides is 3. The highest BCUT2D eigenvalue weighted by atomic mass is 32.2. The molecule has 0 radical (unpaired) electrons. The largest absolute Gasteiger partial charge is 0.366 e. The molecule has 0 aromatic heterocycles. The first kappa shape index (κ1) is 20.9. The van der Waals surface area contributed by atoms with Gasteiger partial charge in [-0.15, -0.1) is 11.8 Å². The third-order valence-corrected chi connectivity index (χ3v) is 4.74. The number of nitrogens with two attached hydrogens (primary N) is 1. The van der Waals surface area contributed by atoms with Crippen LogP contribution in [0.25, 0.3) is 0 Å². The molecule has 4 N–H and O–H groups in total. The molecule has 0 fully saturated rings. The summed E-state index contributed by atoms with van der Waals surface area (Å²) in [5.74, 6) is -1.29. The zero-order valence-electron chi connectivity index (χ0n) is 14.9. The first-order chi connectivity index (χ1) is 13.3. The molecule has 0 aliphatic heterocycles. The summed E-state index contributed by atoms with van der Waals surface area (Å²) in [7, 11) is 1.56. The van der Waals surface area contributed by atoms with Crippen LogP contribution in [0, 0.1) is 10.1 Å². The lowest BCUT2D eigenvalue weighted by molar-refractivity contribution is -0.387. The monoisotopic (exact) mass is 402 g/mol. The van der Waals surface area contributed by atoms with Crippen molar-refractivity contribution >= 4 is 40.9 Å². The van der Waals surface area contributed by atoms with Crippen molar-refractivity contribution in [2.75, 3.05) is 18.1 Å². The number of anilines is 1. The van der Waals surface area contributed by atoms with Gasteiger partial charge in [0.15, 0.2) is 0 Å². The third-order valence-electron chi connectivity index (χ3n) is 3.68. The van der Waals surface area contributed by atoms with Gasteiger partial charge in [0.1, 0.15) is 0 Å². The molecule has 0 bridgehead atoms. The van der Waals surface area contributed by atoms with Crippen molar-refractivity contribution < 1.29 is 19.3 Å². The quantitative estimate of drug-likeness (QED) is 0.348. The Hall–Kier alpha value is -3.40. The number of thioether (sulfide) groups is 1. The highest BCUT2D eigenvalue weighted by Crippen LogP contribution is 2.30. The molecule has 146 valence electrons. The maximum atomic E-state index is 12.1. The van der Waals surface area contributed by atoms with Crippen molar-refractivity contribution in [2.45, 2.75) is 11.3 Å². The Bertz CT molecular complexity index is 915. The number of nitrogens with zero attached hydrogens (tertiary/aromatic N) is 1. The van der Waals surface area contributed by atoms with Crippen LogP contribution < -0.4 is 16.4 Å². The van der Waals surface area contributed by atoms with E-state index in [1.807, 2.05) is 0 Å². The Balaban J connectivity index is 1.98. The number of rotatable bonds is 8. The van der Waals surface area contributed by atoms with Crippen LogP contribution in [-0.4, -0.2) is 35.4 Å². The number of nitrogens with one attached hydrogen (secondary N) is 2. The Morgan fingerprint density at radius 1 is 1.11 bits per heavy atom. The van der Waals surface area contributed by atoms with Crippen LogP contribution in [0.1, 0.15) is 15.9 Å². The van der Waals surface area contributed by atoms with Gasteiger partial charge in [0, 0.05) is 24.4 Å². The topological polar surface area (TPSA) is 144 Å². The van der Waals surface area contributed by atoms with Crippen LogP contribution in [0.5, 0.6) is 0 Å². The normalized spacial score (nSPS) is 10.2. The molecule has 0 saturated carbocycles. The number of carbonyl (C=O) groups is 3. The van der Waals surface area contributed by atoms with E-state index in [1.165, 1.54) is 12.1 Å². The van der Waals surface area contributed by atoms with Gasteiger partial charge in [-0.05, 0) is 29.8 Å². The fourth-order valence-corrected chi connectivity index (χ4v) is 3.06. The average Bonchev–Trinajstić information content (AvgIpc) is 2.67. The van der Waals surface area contributed by atoms with E-state index >= 15 is 0 Å². The summed E-state index contributed by atoms with van der Waals surface area (Å²) in [6.45, 7) is 0. The lowest BCUT2D eigenvalue weighted by Gasteiger charge is -2.07. The van der Waals surface area contributed by atoms with E-state index in [9.17, 15) is 24.5 Å². The van der Waals surface area contributed by atoms with Gasteiger partial charge < -0.3 is 16.4 Å². The second kappa shape index (κ2) is 9.51. The smallest absolute Gasteiger partial charge is 0.283 e. The first-order valence-electron chi connectivity index (χ1n) is 8.10. The highest BCUT2D eigenvalue weighted by Gasteiger charge is 2.18. The number of nitro benzene ring substituents is 1. The van der Waals surface area contributed by atoms with E-state index in [1.54, 1.807) is 31.3 Å². The summed E-state index contributed by atoms with van der Waals surface area (Å²) in [5, 5.41) is 16.4. The number of nitro groups is 1. The van der Waals surface area contributed by atoms with Crippen LogP contribution in [0.2, 0.25) is 0 Å². The predicted molar refractivity (Wildman–Crippen MR) is 105 cm³/mol. The minimum absolute atomic E-state index is 0.0253. The number of carbonyl (C=O) groups excluding carboxylic acids is 3. The Labute approximate surface area is 164 Å². The molecular formula is C18H18N4O5S. The van der Waals surface area contributed by atoms with Crippen molar-refractivity contribution in [3.05, 3.63) is 63.7 Å². The number of likely N-dealkylation sites (N-methyl/N-ethyl adjacent to an activating group) is 1.